The first-order valence-electron chi connectivity index (χ1n) is 5.54. The van der Waals surface area contributed by atoms with Crippen molar-refractivity contribution >= 4 is 17.7 Å². The average molecular weight is 254 g/mol. The SMILES string of the molecule is CSCCCNC(=O)c1cc(C)c(C)[nH]c1=O. The van der Waals surface area contributed by atoms with Gasteiger partial charge in [-0.25, -0.2) is 0 Å². The fourth-order valence-electron chi connectivity index (χ4n) is 1.41. The van der Waals surface area contributed by atoms with Gasteiger partial charge in [0.2, 0.25) is 0 Å². The number of aromatic nitrogens is 1. The second-order valence-electron chi connectivity index (χ2n) is 3.92. The molecule has 4 nitrogen and oxygen atoms in total. The van der Waals surface area contributed by atoms with Gasteiger partial charge in [0, 0.05) is 12.2 Å². The highest BCUT2D eigenvalue weighted by molar-refractivity contribution is 7.98. The number of thioether (sulfide) groups is 1. The predicted octanol–water partition coefficient (Wildman–Crippen LogP) is 1.47. The third kappa shape index (κ3) is 3.93. The van der Waals surface area contributed by atoms with E-state index in [4.69, 9.17) is 0 Å². The van der Waals surface area contributed by atoms with E-state index in [1.165, 1.54) is 0 Å². The number of rotatable bonds is 5. The van der Waals surface area contributed by atoms with Crippen LogP contribution in [0.25, 0.3) is 0 Å². The lowest BCUT2D eigenvalue weighted by Gasteiger charge is -2.06. The van der Waals surface area contributed by atoms with Gasteiger partial charge in [-0.2, -0.15) is 11.8 Å². The Kier molecular flexibility index (Phi) is 5.28. The third-order valence-electron chi connectivity index (χ3n) is 2.55. The number of hydrogen-bond acceptors (Lipinski definition) is 3. The molecular weight excluding hydrogens is 236 g/mol. The van der Waals surface area contributed by atoms with Gasteiger partial charge >= 0.3 is 0 Å². The molecule has 5 heteroatoms. The fraction of sp³-hybridized carbons (Fsp3) is 0.500. The van der Waals surface area contributed by atoms with Crippen molar-refractivity contribution in [3.05, 3.63) is 33.2 Å². The van der Waals surface area contributed by atoms with Crippen molar-refractivity contribution in [1.82, 2.24) is 10.3 Å². The quantitative estimate of drug-likeness (QED) is 0.782. The zero-order valence-corrected chi connectivity index (χ0v) is 11.2. The highest BCUT2D eigenvalue weighted by Crippen LogP contribution is 2.02. The molecular formula is C12H18N2O2S. The predicted molar refractivity (Wildman–Crippen MR) is 71.9 cm³/mol. The van der Waals surface area contributed by atoms with Crippen molar-refractivity contribution in [1.29, 1.82) is 0 Å². The highest BCUT2D eigenvalue weighted by Gasteiger charge is 2.11. The number of pyridine rings is 1. The summed E-state index contributed by atoms with van der Waals surface area (Å²) in [5, 5.41) is 2.75. The van der Waals surface area contributed by atoms with Crippen LogP contribution >= 0.6 is 11.8 Å². The van der Waals surface area contributed by atoms with Gasteiger partial charge in [0.15, 0.2) is 0 Å². The first-order chi connectivity index (χ1) is 8.06. The Labute approximate surface area is 105 Å². The van der Waals surface area contributed by atoms with Gasteiger partial charge in [-0.05, 0) is 43.9 Å². The molecule has 0 spiro atoms. The molecule has 0 atom stereocenters. The second kappa shape index (κ2) is 6.49. The Morgan fingerprint density at radius 3 is 2.82 bits per heavy atom. The van der Waals surface area contributed by atoms with Crippen LogP contribution in [0.3, 0.4) is 0 Å². The van der Waals surface area contributed by atoms with E-state index in [1.807, 2.05) is 20.1 Å². The Morgan fingerprint density at radius 2 is 2.18 bits per heavy atom. The molecule has 0 saturated heterocycles. The number of amides is 1. The average Bonchev–Trinajstić information content (AvgIpc) is 2.29. The van der Waals surface area contributed by atoms with Gasteiger partial charge < -0.3 is 10.3 Å². The summed E-state index contributed by atoms with van der Waals surface area (Å²) in [4.78, 5) is 26.0. The first-order valence-corrected chi connectivity index (χ1v) is 6.93. The standard InChI is InChI=1S/C12H18N2O2S/c1-8-7-10(12(16)14-9(8)2)11(15)13-5-4-6-17-3/h7H,4-6H2,1-3H3,(H,13,15)(H,14,16). The smallest absolute Gasteiger partial charge is 0.261 e. The maximum absolute atomic E-state index is 11.8. The normalized spacial score (nSPS) is 10.3. The van der Waals surface area contributed by atoms with E-state index in [1.54, 1.807) is 17.8 Å². The molecule has 0 aliphatic carbocycles. The molecule has 17 heavy (non-hydrogen) atoms. The van der Waals surface area contributed by atoms with Crippen LogP contribution in [0.2, 0.25) is 0 Å². The minimum Gasteiger partial charge on any atom is -0.352 e. The van der Waals surface area contributed by atoms with Gasteiger partial charge in [0.05, 0.1) is 0 Å². The van der Waals surface area contributed by atoms with Crippen LogP contribution in [0, 0.1) is 13.8 Å². The number of aryl methyl sites for hydroxylation is 2. The molecule has 2 N–H and O–H groups in total. The zero-order chi connectivity index (χ0) is 12.8. The minimum absolute atomic E-state index is 0.192. The fourth-order valence-corrected chi connectivity index (χ4v) is 1.84. The number of carbonyl (C=O) groups excluding carboxylic acids is 1. The summed E-state index contributed by atoms with van der Waals surface area (Å²) in [7, 11) is 0. The maximum Gasteiger partial charge on any atom is 0.261 e. The van der Waals surface area contributed by atoms with E-state index in [0.717, 1.165) is 23.4 Å². The maximum atomic E-state index is 11.8. The summed E-state index contributed by atoms with van der Waals surface area (Å²) in [6, 6.07) is 1.64. The number of carbonyl (C=O) groups is 1. The Balaban J connectivity index is 2.69. The Hall–Kier alpha value is -1.23. The van der Waals surface area contributed by atoms with Crippen LogP contribution in [-0.4, -0.2) is 29.4 Å². The van der Waals surface area contributed by atoms with Crippen LogP contribution < -0.4 is 10.9 Å². The minimum atomic E-state index is -0.324. The molecule has 0 aliphatic rings. The van der Waals surface area contributed by atoms with Crippen LogP contribution in [0.15, 0.2) is 10.9 Å². The van der Waals surface area contributed by atoms with E-state index in [2.05, 4.69) is 10.3 Å². The summed E-state index contributed by atoms with van der Waals surface area (Å²) in [5.74, 6) is 0.708. The van der Waals surface area contributed by atoms with Gasteiger partial charge in [-0.15, -0.1) is 0 Å². The van der Waals surface area contributed by atoms with Gasteiger partial charge in [0.1, 0.15) is 5.56 Å². The Bertz CT molecular complexity index is 454. The van der Waals surface area contributed by atoms with E-state index < -0.39 is 0 Å². The highest BCUT2D eigenvalue weighted by atomic mass is 32.2. The molecule has 0 fully saturated rings. The zero-order valence-electron chi connectivity index (χ0n) is 10.4. The topological polar surface area (TPSA) is 62.0 Å². The summed E-state index contributed by atoms with van der Waals surface area (Å²) in [6.07, 6.45) is 2.94. The molecule has 0 unspecified atom stereocenters. The molecule has 0 bridgehead atoms. The van der Waals surface area contributed by atoms with Gasteiger partial charge in [0.25, 0.3) is 11.5 Å². The van der Waals surface area contributed by atoms with E-state index in [-0.39, 0.29) is 17.0 Å². The first kappa shape index (κ1) is 13.8. The lowest BCUT2D eigenvalue weighted by molar-refractivity contribution is 0.0952. The number of H-pyrrole nitrogens is 1. The van der Waals surface area contributed by atoms with Gasteiger partial charge in [-0.1, -0.05) is 0 Å². The molecule has 1 rings (SSSR count). The number of nitrogens with one attached hydrogen (secondary N) is 2. The summed E-state index contributed by atoms with van der Waals surface area (Å²) in [6.45, 7) is 4.29. The van der Waals surface area contributed by atoms with Crippen molar-refractivity contribution in [2.45, 2.75) is 20.3 Å². The lowest BCUT2D eigenvalue weighted by atomic mass is 10.1. The summed E-state index contributed by atoms with van der Waals surface area (Å²) in [5.41, 5.74) is 1.58. The van der Waals surface area contributed by atoms with Crippen LogP contribution in [-0.2, 0) is 0 Å². The van der Waals surface area contributed by atoms with E-state index in [9.17, 15) is 9.59 Å². The van der Waals surface area contributed by atoms with Crippen LogP contribution in [0.4, 0.5) is 0 Å². The number of aromatic amines is 1. The van der Waals surface area contributed by atoms with Gasteiger partial charge in [-0.3, -0.25) is 9.59 Å². The van der Waals surface area contributed by atoms with Crippen LogP contribution in [0.5, 0.6) is 0 Å². The molecule has 0 aliphatic heterocycles. The van der Waals surface area contributed by atoms with E-state index >= 15 is 0 Å². The van der Waals surface area contributed by atoms with Crippen LogP contribution in [0.1, 0.15) is 28.0 Å². The summed E-state index contributed by atoms with van der Waals surface area (Å²) < 4.78 is 0. The van der Waals surface area contributed by atoms with Crippen molar-refractivity contribution < 1.29 is 4.79 Å². The van der Waals surface area contributed by atoms with Crippen molar-refractivity contribution in [2.24, 2.45) is 0 Å². The Morgan fingerprint density at radius 1 is 1.47 bits per heavy atom. The molecule has 1 heterocycles. The number of hydrogen-bond donors (Lipinski definition) is 2. The monoisotopic (exact) mass is 254 g/mol. The third-order valence-corrected chi connectivity index (χ3v) is 3.25. The molecule has 1 aromatic rings. The van der Waals surface area contributed by atoms with Crippen molar-refractivity contribution in [3.63, 3.8) is 0 Å². The van der Waals surface area contributed by atoms with Crippen molar-refractivity contribution in [2.75, 3.05) is 18.6 Å². The lowest BCUT2D eigenvalue weighted by Crippen LogP contribution is -2.31. The van der Waals surface area contributed by atoms with E-state index in [0.29, 0.717) is 6.54 Å². The molecule has 1 amide bonds. The molecule has 0 aromatic carbocycles. The van der Waals surface area contributed by atoms with Crippen molar-refractivity contribution in [3.8, 4) is 0 Å². The largest absolute Gasteiger partial charge is 0.352 e. The molecule has 0 radical (unpaired) electrons. The molecule has 0 saturated carbocycles. The molecule has 1 aromatic heterocycles. The second-order valence-corrected chi connectivity index (χ2v) is 4.91. The molecule has 94 valence electrons. The summed E-state index contributed by atoms with van der Waals surface area (Å²) >= 11 is 1.74.